The summed E-state index contributed by atoms with van der Waals surface area (Å²) in [6.07, 6.45) is 0. The normalized spacial score (nSPS) is 10.4. The summed E-state index contributed by atoms with van der Waals surface area (Å²) in [5.41, 5.74) is 8.47. The number of hydrogen-bond acceptors (Lipinski definition) is 6. The Kier molecular flexibility index (Phi) is 11.6. The number of urea groups is 2. The first-order valence-corrected chi connectivity index (χ1v) is 14.6. The summed E-state index contributed by atoms with van der Waals surface area (Å²) in [6, 6.07) is 40.4. The number of para-hydroxylation sites is 2. The number of ether oxygens (including phenoxy) is 2. The SMILES string of the molecule is O=C(NCc1ccc(Oc2ccccc2Oc2ccc(CNC(=O)NOCc3ccccc3)cc2)cc1)NOCc1ccccc1. The summed E-state index contributed by atoms with van der Waals surface area (Å²) in [4.78, 5) is 34.6. The van der Waals surface area contributed by atoms with Gasteiger partial charge in [0.2, 0.25) is 0 Å². The molecular formula is C36H34N4O6. The lowest BCUT2D eigenvalue weighted by atomic mass is 10.2. The molecule has 0 bridgehead atoms. The monoisotopic (exact) mass is 618 g/mol. The molecule has 0 radical (unpaired) electrons. The summed E-state index contributed by atoms with van der Waals surface area (Å²) in [6.45, 7) is 1.19. The minimum absolute atomic E-state index is 0.279. The van der Waals surface area contributed by atoms with Crippen molar-refractivity contribution in [2.75, 3.05) is 0 Å². The highest BCUT2D eigenvalue weighted by atomic mass is 16.7. The van der Waals surface area contributed by atoms with Gasteiger partial charge in [0.25, 0.3) is 0 Å². The van der Waals surface area contributed by atoms with E-state index in [0.29, 0.717) is 36.1 Å². The Morgan fingerprint density at radius 3 is 1.20 bits per heavy atom. The first-order chi connectivity index (χ1) is 22.6. The number of carbonyl (C=O) groups excluding carboxylic acids is 2. The second-order valence-electron chi connectivity index (χ2n) is 10.1. The first kappa shape index (κ1) is 31.6. The molecule has 0 unspecified atom stereocenters. The lowest BCUT2D eigenvalue weighted by Crippen LogP contribution is -2.34. The van der Waals surface area contributed by atoms with Crippen LogP contribution in [0.3, 0.4) is 0 Å². The molecule has 10 heteroatoms. The minimum atomic E-state index is -0.429. The second-order valence-corrected chi connectivity index (χ2v) is 10.1. The molecule has 0 saturated carbocycles. The highest BCUT2D eigenvalue weighted by Crippen LogP contribution is 2.34. The maximum atomic E-state index is 12.0. The van der Waals surface area contributed by atoms with Crippen molar-refractivity contribution in [2.45, 2.75) is 26.3 Å². The van der Waals surface area contributed by atoms with Crippen molar-refractivity contribution in [2.24, 2.45) is 0 Å². The molecule has 234 valence electrons. The smallest absolute Gasteiger partial charge is 0.338 e. The quantitative estimate of drug-likeness (QED) is 0.0983. The number of amides is 4. The van der Waals surface area contributed by atoms with Crippen LogP contribution in [0.2, 0.25) is 0 Å². The van der Waals surface area contributed by atoms with Crippen molar-refractivity contribution in [1.82, 2.24) is 21.6 Å². The van der Waals surface area contributed by atoms with Crippen LogP contribution in [0.1, 0.15) is 22.3 Å². The molecule has 46 heavy (non-hydrogen) atoms. The maximum absolute atomic E-state index is 12.0. The summed E-state index contributed by atoms with van der Waals surface area (Å²) in [5, 5.41) is 5.51. The fraction of sp³-hybridized carbons (Fsp3) is 0.111. The van der Waals surface area contributed by atoms with E-state index in [1.54, 1.807) is 0 Å². The topological polar surface area (TPSA) is 119 Å². The van der Waals surface area contributed by atoms with E-state index < -0.39 is 12.1 Å². The van der Waals surface area contributed by atoms with Crippen molar-refractivity contribution in [3.8, 4) is 23.0 Å². The first-order valence-electron chi connectivity index (χ1n) is 14.6. The molecule has 4 amide bonds. The van der Waals surface area contributed by atoms with E-state index >= 15 is 0 Å². The average Bonchev–Trinajstić information content (AvgIpc) is 3.09. The van der Waals surface area contributed by atoms with Crippen LogP contribution >= 0.6 is 0 Å². The fourth-order valence-corrected chi connectivity index (χ4v) is 4.18. The van der Waals surface area contributed by atoms with Gasteiger partial charge < -0.3 is 20.1 Å². The third-order valence-electron chi connectivity index (χ3n) is 6.55. The third kappa shape index (κ3) is 10.4. The summed E-state index contributed by atoms with van der Waals surface area (Å²) in [7, 11) is 0. The van der Waals surface area contributed by atoms with Gasteiger partial charge in [0.05, 0.1) is 13.2 Å². The van der Waals surface area contributed by atoms with Crippen LogP contribution < -0.4 is 31.1 Å². The van der Waals surface area contributed by atoms with E-state index in [2.05, 4.69) is 21.6 Å². The lowest BCUT2D eigenvalue weighted by Gasteiger charge is -2.13. The van der Waals surface area contributed by atoms with Gasteiger partial charge in [-0.15, -0.1) is 0 Å². The van der Waals surface area contributed by atoms with Crippen LogP contribution in [0.5, 0.6) is 23.0 Å². The lowest BCUT2D eigenvalue weighted by molar-refractivity contribution is 0.0489. The van der Waals surface area contributed by atoms with Gasteiger partial charge in [0, 0.05) is 13.1 Å². The Balaban J connectivity index is 1.04. The molecule has 0 spiro atoms. The molecule has 0 aromatic heterocycles. The molecule has 0 atom stereocenters. The molecular weight excluding hydrogens is 584 g/mol. The van der Waals surface area contributed by atoms with Crippen LogP contribution in [-0.4, -0.2) is 12.1 Å². The van der Waals surface area contributed by atoms with Crippen molar-refractivity contribution in [3.05, 3.63) is 156 Å². The molecule has 0 aliphatic rings. The fourth-order valence-electron chi connectivity index (χ4n) is 4.18. The van der Waals surface area contributed by atoms with Gasteiger partial charge in [-0.2, -0.15) is 0 Å². The summed E-state index contributed by atoms with van der Waals surface area (Å²) >= 11 is 0. The van der Waals surface area contributed by atoms with Crippen molar-refractivity contribution >= 4 is 12.1 Å². The number of rotatable bonds is 14. The standard InChI is InChI=1S/C36H34N4O6/c41-35(39-43-25-29-9-3-1-4-10-29)37-23-27-15-19-31(20-16-27)45-33-13-7-8-14-34(33)46-32-21-17-28(18-22-32)24-38-36(42)40-44-26-30-11-5-2-6-12-30/h1-22H,23-26H2,(H2,37,39,41)(H2,38,40,42). The molecule has 4 N–H and O–H groups in total. The van der Waals surface area contributed by atoms with Gasteiger partial charge in [-0.05, 0) is 58.7 Å². The Morgan fingerprint density at radius 2 is 0.804 bits per heavy atom. The molecule has 0 aliphatic carbocycles. The van der Waals surface area contributed by atoms with Gasteiger partial charge in [-0.25, -0.2) is 20.5 Å². The van der Waals surface area contributed by atoms with Gasteiger partial charge in [-0.3, -0.25) is 9.68 Å². The highest BCUT2D eigenvalue weighted by Gasteiger charge is 2.09. The Morgan fingerprint density at radius 1 is 0.435 bits per heavy atom. The number of carbonyl (C=O) groups is 2. The second kappa shape index (κ2) is 16.9. The van der Waals surface area contributed by atoms with Crippen LogP contribution in [0.25, 0.3) is 0 Å². The number of hydroxylamine groups is 2. The van der Waals surface area contributed by atoms with E-state index in [0.717, 1.165) is 22.3 Å². The van der Waals surface area contributed by atoms with Crippen molar-refractivity contribution in [1.29, 1.82) is 0 Å². The molecule has 0 heterocycles. The Hall–Kier alpha value is -5.84. The van der Waals surface area contributed by atoms with Crippen molar-refractivity contribution in [3.63, 3.8) is 0 Å². The zero-order chi connectivity index (χ0) is 31.8. The average molecular weight is 619 g/mol. The number of hydrogen-bond donors (Lipinski definition) is 4. The molecule has 5 aromatic carbocycles. The van der Waals surface area contributed by atoms with E-state index in [9.17, 15) is 9.59 Å². The predicted octanol–water partition coefficient (Wildman–Crippen LogP) is 7.13. The zero-order valence-electron chi connectivity index (χ0n) is 25.0. The zero-order valence-corrected chi connectivity index (χ0v) is 25.0. The van der Waals surface area contributed by atoms with Gasteiger partial charge in [0.15, 0.2) is 11.5 Å². The molecule has 10 nitrogen and oxygen atoms in total. The number of benzene rings is 5. The van der Waals surface area contributed by atoms with E-state index in [-0.39, 0.29) is 13.2 Å². The molecule has 0 aliphatic heterocycles. The third-order valence-corrected chi connectivity index (χ3v) is 6.55. The summed E-state index contributed by atoms with van der Waals surface area (Å²) in [5.74, 6) is 2.31. The van der Waals surface area contributed by atoms with Crippen LogP contribution in [0.4, 0.5) is 9.59 Å². The predicted molar refractivity (Wildman–Crippen MR) is 173 cm³/mol. The maximum Gasteiger partial charge on any atom is 0.338 e. The van der Waals surface area contributed by atoms with E-state index in [1.807, 2.05) is 133 Å². The summed E-state index contributed by atoms with van der Waals surface area (Å²) < 4.78 is 12.2. The van der Waals surface area contributed by atoms with Gasteiger partial charge in [-0.1, -0.05) is 97.1 Å². The minimum Gasteiger partial charge on any atom is -0.453 e. The molecule has 0 saturated heterocycles. The highest BCUT2D eigenvalue weighted by molar-refractivity contribution is 5.73. The van der Waals surface area contributed by atoms with Crippen LogP contribution in [-0.2, 0) is 36.0 Å². The van der Waals surface area contributed by atoms with Gasteiger partial charge >= 0.3 is 12.1 Å². The number of nitrogens with one attached hydrogen (secondary N) is 4. The van der Waals surface area contributed by atoms with Crippen LogP contribution in [0, 0.1) is 0 Å². The Bertz CT molecular complexity index is 1540. The van der Waals surface area contributed by atoms with Gasteiger partial charge in [0.1, 0.15) is 11.5 Å². The van der Waals surface area contributed by atoms with E-state index in [4.69, 9.17) is 19.1 Å². The molecule has 5 rings (SSSR count). The molecule has 0 fully saturated rings. The van der Waals surface area contributed by atoms with E-state index in [1.165, 1.54) is 0 Å². The Labute approximate surface area is 267 Å². The van der Waals surface area contributed by atoms with Crippen LogP contribution in [0.15, 0.2) is 133 Å². The molecule has 5 aromatic rings. The largest absolute Gasteiger partial charge is 0.453 e. The van der Waals surface area contributed by atoms with Crippen molar-refractivity contribution < 1.29 is 28.7 Å².